The van der Waals surface area contributed by atoms with Crippen LogP contribution in [0.25, 0.3) is 0 Å². The Bertz CT molecular complexity index is 605. The molecule has 0 saturated carbocycles. The molecule has 0 fully saturated rings. The minimum Gasteiger partial charge on any atom is -0.361 e. The molecule has 106 valence electrons. The lowest BCUT2D eigenvalue weighted by atomic mass is 9.96. The summed E-state index contributed by atoms with van der Waals surface area (Å²) in [6, 6.07) is 3.40. The van der Waals surface area contributed by atoms with E-state index in [4.69, 9.17) is 16.1 Å². The lowest BCUT2D eigenvalue weighted by Crippen LogP contribution is -2.16. The van der Waals surface area contributed by atoms with E-state index in [0.717, 1.165) is 17.0 Å². The first kappa shape index (κ1) is 14.5. The number of halogens is 1. The van der Waals surface area contributed by atoms with E-state index in [1.807, 2.05) is 20.8 Å². The zero-order valence-corrected chi connectivity index (χ0v) is 12.4. The van der Waals surface area contributed by atoms with E-state index in [9.17, 15) is 4.79 Å². The average Bonchev–Trinajstić information content (AvgIpc) is 2.72. The van der Waals surface area contributed by atoms with Crippen LogP contribution in [0.1, 0.15) is 36.3 Å². The minimum atomic E-state index is -0.141. The molecule has 0 bridgehead atoms. The number of nitrogens with one attached hydrogen (secondary N) is 1. The molecule has 1 atom stereocenters. The van der Waals surface area contributed by atoms with Gasteiger partial charge < -0.3 is 9.84 Å². The summed E-state index contributed by atoms with van der Waals surface area (Å²) in [4.78, 5) is 16.1. The smallest absolute Gasteiger partial charge is 0.226 e. The Kier molecular flexibility index (Phi) is 4.39. The normalized spacial score (nSPS) is 12.2. The van der Waals surface area contributed by atoms with Gasteiger partial charge in [0.15, 0.2) is 5.82 Å². The van der Waals surface area contributed by atoms with Crippen LogP contribution in [0, 0.1) is 13.8 Å². The molecule has 0 unspecified atom stereocenters. The number of anilines is 1. The van der Waals surface area contributed by atoms with Crippen LogP contribution in [-0.4, -0.2) is 16.0 Å². The fraction of sp³-hybridized carbons (Fsp3) is 0.357. The summed E-state index contributed by atoms with van der Waals surface area (Å²) < 4.78 is 5.12. The van der Waals surface area contributed by atoms with Crippen molar-refractivity contribution in [3.63, 3.8) is 0 Å². The molecular formula is C14H16ClN3O2. The molecule has 0 aliphatic heterocycles. The SMILES string of the molecule is Cc1noc(C)c1[C@@H](C)CC(=O)Nc1ncccc1Cl. The predicted molar refractivity (Wildman–Crippen MR) is 76.9 cm³/mol. The molecule has 1 amide bonds. The summed E-state index contributed by atoms with van der Waals surface area (Å²) in [5.41, 5.74) is 1.80. The molecule has 2 aromatic heterocycles. The zero-order chi connectivity index (χ0) is 14.7. The van der Waals surface area contributed by atoms with E-state index in [0.29, 0.717) is 17.3 Å². The maximum Gasteiger partial charge on any atom is 0.226 e. The number of pyridine rings is 1. The third-order valence-electron chi connectivity index (χ3n) is 3.09. The lowest BCUT2D eigenvalue weighted by molar-refractivity contribution is -0.116. The minimum absolute atomic E-state index is 0.0173. The second-order valence-electron chi connectivity index (χ2n) is 4.73. The Labute approximate surface area is 122 Å². The van der Waals surface area contributed by atoms with E-state index < -0.39 is 0 Å². The van der Waals surface area contributed by atoms with Crippen LogP contribution in [0.2, 0.25) is 5.02 Å². The predicted octanol–water partition coefficient (Wildman–Crippen LogP) is 3.47. The van der Waals surface area contributed by atoms with Gasteiger partial charge in [0.2, 0.25) is 5.91 Å². The molecule has 6 heteroatoms. The highest BCUT2D eigenvalue weighted by Gasteiger charge is 2.19. The number of aryl methyl sites for hydroxylation is 2. The number of carbonyl (C=O) groups is 1. The van der Waals surface area contributed by atoms with E-state index in [2.05, 4.69) is 15.5 Å². The topological polar surface area (TPSA) is 68.0 Å². The van der Waals surface area contributed by atoms with Crippen molar-refractivity contribution in [2.45, 2.75) is 33.1 Å². The van der Waals surface area contributed by atoms with Crippen molar-refractivity contribution >= 4 is 23.3 Å². The van der Waals surface area contributed by atoms with Crippen molar-refractivity contribution in [1.82, 2.24) is 10.1 Å². The van der Waals surface area contributed by atoms with Crippen LogP contribution in [0.15, 0.2) is 22.9 Å². The van der Waals surface area contributed by atoms with Crippen molar-refractivity contribution in [3.8, 4) is 0 Å². The van der Waals surface area contributed by atoms with Gasteiger partial charge in [-0.2, -0.15) is 0 Å². The summed E-state index contributed by atoms with van der Waals surface area (Å²) in [7, 11) is 0. The highest BCUT2D eigenvalue weighted by atomic mass is 35.5. The molecule has 0 aliphatic carbocycles. The Morgan fingerprint density at radius 2 is 2.25 bits per heavy atom. The van der Waals surface area contributed by atoms with Gasteiger partial charge in [-0.15, -0.1) is 0 Å². The molecular weight excluding hydrogens is 278 g/mol. The Morgan fingerprint density at radius 3 is 2.85 bits per heavy atom. The monoisotopic (exact) mass is 293 g/mol. The van der Waals surface area contributed by atoms with Crippen molar-refractivity contribution in [1.29, 1.82) is 0 Å². The zero-order valence-electron chi connectivity index (χ0n) is 11.6. The number of hydrogen-bond donors (Lipinski definition) is 1. The number of aromatic nitrogens is 2. The lowest BCUT2D eigenvalue weighted by Gasteiger charge is -2.11. The molecule has 0 spiro atoms. The summed E-state index contributed by atoms with van der Waals surface area (Å²) in [5.74, 6) is 1.01. The van der Waals surface area contributed by atoms with Gasteiger partial charge >= 0.3 is 0 Å². The third kappa shape index (κ3) is 3.17. The van der Waals surface area contributed by atoms with E-state index >= 15 is 0 Å². The molecule has 0 aromatic carbocycles. The quantitative estimate of drug-likeness (QED) is 0.937. The Balaban J connectivity index is 2.04. The largest absolute Gasteiger partial charge is 0.361 e. The molecule has 0 radical (unpaired) electrons. The molecule has 5 nitrogen and oxygen atoms in total. The second-order valence-corrected chi connectivity index (χ2v) is 5.13. The molecule has 1 N–H and O–H groups in total. The van der Waals surface area contributed by atoms with Crippen LogP contribution in [0.5, 0.6) is 0 Å². The molecule has 0 saturated heterocycles. The standard InChI is InChI=1S/C14H16ClN3O2/c1-8(13-9(2)18-20-10(13)3)7-12(19)17-14-11(15)5-4-6-16-14/h4-6,8H,7H2,1-3H3,(H,16,17,19)/t8-/m0/s1. The molecule has 2 rings (SSSR count). The van der Waals surface area contributed by atoms with Gasteiger partial charge in [0.05, 0.1) is 10.7 Å². The highest BCUT2D eigenvalue weighted by Crippen LogP contribution is 2.26. The number of amides is 1. The van der Waals surface area contributed by atoms with E-state index in [-0.39, 0.29) is 11.8 Å². The van der Waals surface area contributed by atoms with Gasteiger partial charge in [-0.25, -0.2) is 4.98 Å². The van der Waals surface area contributed by atoms with Crippen LogP contribution >= 0.6 is 11.6 Å². The van der Waals surface area contributed by atoms with Gasteiger partial charge in [0, 0.05) is 18.2 Å². The van der Waals surface area contributed by atoms with E-state index in [1.165, 1.54) is 0 Å². The van der Waals surface area contributed by atoms with Crippen molar-refractivity contribution < 1.29 is 9.32 Å². The van der Waals surface area contributed by atoms with Crippen molar-refractivity contribution in [3.05, 3.63) is 40.4 Å². The first-order chi connectivity index (χ1) is 9.49. The average molecular weight is 294 g/mol. The molecule has 2 heterocycles. The second kappa shape index (κ2) is 6.05. The van der Waals surface area contributed by atoms with Crippen LogP contribution < -0.4 is 5.32 Å². The van der Waals surface area contributed by atoms with Crippen molar-refractivity contribution in [2.75, 3.05) is 5.32 Å². The van der Waals surface area contributed by atoms with Crippen molar-refractivity contribution in [2.24, 2.45) is 0 Å². The summed E-state index contributed by atoms with van der Waals surface area (Å²) in [6.07, 6.45) is 1.90. The Hall–Kier alpha value is -1.88. The molecule has 2 aromatic rings. The molecule has 0 aliphatic rings. The Morgan fingerprint density at radius 1 is 1.50 bits per heavy atom. The maximum absolute atomic E-state index is 12.0. The number of carbonyl (C=O) groups excluding carboxylic acids is 1. The number of nitrogens with zero attached hydrogens (tertiary/aromatic N) is 2. The number of rotatable bonds is 4. The van der Waals surface area contributed by atoms with Crippen LogP contribution in [0.4, 0.5) is 5.82 Å². The van der Waals surface area contributed by atoms with Crippen LogP contribution in [0.3, 0.4) is 0 Å². The number of hydrogen-bond acceptors (Lipinski definition) is 4. The first-order valence-corrected chi connectivity index (χ1v) is 6.70. The third-order valence-corrected chi connectivity index (χ3v) is 3.39. The van der Waals surface area contributed by atoms with E-state index in [1.54, 1.807) is 18.3 Å². The van der Waals surface area contributed by atoms with Gasteiger partial charge in [-0.05, 0) is 31.9 Å². The van der Waals surface area contributed by atoms with Gasteiger partial charge in [0.25, 0.3) is 0 Å². The fourth-order valence-electron chi connectivity index (χ4n) is 2.23. The van der Waals surface area contributed by atoms with Gasteiger partial charge in [-0.3, -0.25) is 4.79 Å². The molecule has 20 heavy (non-hydrogen) atoms. The highest BCUT2D eigenvalue weighted by molar-refractivity contribution is 6.33. The summed E-state index contributed by atoms with van der Waals surface area (Å²) in [5, 5.41) is 7.03. The summed E-state index contributed by atoms with van der Waals surface area (Å²) in [6.45, 7) is 5.68. The fourth-order valence-corrected chi connectivity index (χ4v) is 2.40. The van der Waals surface area contributed by atoms with Gasteiger partial charge in [-0.1, -0.05) is 23.7 Å². The van der Waals surface area contributed by atoms with Gasteiger partial charge in [0.1, 0.15) is 5.76 Å². The first-order valence-electron chi connectivity index (χ1n) is 6.32. The van der Waals surface area contributed by atoms with Crippen LogP contribution in [-0.2, 0) is 4.79 Å². The maximum atomic E-state index is 12.0. The summed E-state index contributed by atoms with van der Waals surface area (Å²) >= 11 is 5.95.